The average Bonchev–Trinajstić information content (AvgIpc) is 3.78. The van der Waals surface area contributed by atoms with Gasteiger partial charge >= 0.3 is 0 Å². The molecule has 378 valence electrons. The fourth-order valence-electron chi connectivity index (χ4n) is 8.93. The first-order valence-electron chi connectivity index (χ1n) is 27.5. The molecule has 1 aliphatic carbocycles. The molecule has 0 aromatic heterocycles. The molecule has 0 heterocycles. The second-order valence-electron chi connectivity index (χ2n) is 14.2. The predicted molar refractivity (Wildman–Crippen MR) is 324 cm³/mol. The van der Waals surface area contributed by atoms with Crippen LogP contribution in [0.2, 0.25) is 0 Å². The smallest absolute Gasteiger partial charge is 0.0715 e. The van der Waals surface area contributed by atoms with Crippen LogP contribution in [0.15, 0.2) is 206 Å². The normalized spacial score (nSPS) is 10.3. The molecule has 0 aliphatic heterocycles. The summed E-state index contributed by atoms with van der Waals surface area (Å²) >= 11 is 0. The number of para-hydroxylation sites is 2. The van der Waals surface area contributed by atoms with Crippen molar-refractivity contribution < 1.29 is 0 Å². The van der Waals surface area contributed by atoms with Crippen LogP contribution in [-0.2, 0) is 5.41 Å². The van der Waals surface area contributed by atoms with E-state index in [4.69, 9.17) is 0 Å². The molecule has 71 heavy (non-hydrogen) atoms. The highest BCUT2D eigenvalue weighted by molar-refractivity contribution is 5.92. The maximum Gasteiger partial charge on any atom is 0.0715 e. The Kier molecular flexibility index (Phi) is 31.2. The van der Waals surface area contributed by atoms with E-state index in [1.165, 1.54) is 78.4 Å². The van der Waals surface area contributed by atoms with Crippen molar-refractivity contribution in [2.45, 2.75) is 130 Å². The summed E-state index contributed by atoms with van der Waals surface area (Å²) in [5.41, 5.74) is 16.8. The summed E-state index contributed by atoms with van der Waals surface area (Å²) in [4.78, 5) is 4.94. The van der Waals surface area contributed by atoms with Crippen LogP contribution in [0.1, 0.15) is 147 Å². The van der Waals surface area contributed by atoms with Gasteiger partial charge in [-0.3, -0.25) is 0 Å². The molecule has 8 aromatic rings. The molecule has 2 heteroatoms. The van der Waals surface area contributed by atoms with Crippen LogP contribution in [-0.4, -0.2) is 13.1 Å². The van der Waals surface area contributed by atoms with Crippen molar-refractivity contribution >= 4 is 22.7 Å². The number of benzene rings is 8. The van der Waals surface area contributed by atoms with E-state index in [1.54, 1.807) is 0 Å². The second-order valence-corrected chi connectivity index (χ2v) is 14.2. The monoisotopic (exact) mass is 949 g/mol. The largest absolute Gasteiger partial charge is 0.341 e. The molecule has 0 saturated heterocycles. The Morgan fingerprint density at radius 2 is 0.549 bits per heavy atom. The quantitative estimate of drug-likeness (QED) is 0.135. The molecule has 0 unspecified atom stereocenters. The summed E-state index contributed by atoms with van der Waals surface area (Å²) in [7, 11) is 0. The first-order chi connectivity index (χ1) is 35.2. The minimum absolute atomic E-state index is 0.546. The van der Waals surface area contributed by atoms with Gasteiger partial charge in [0.15, 0.2) is 0 Å². The molecule has 0 amide bonds. The molecule has 9 rings (SSSR count). The Morgan fingerprint density at radius 1 is 0.282 bits per heavy atom. The first-order valence-corrected chi connectivity index (χ1v) is 27.5. The number of anilines is 4. The van der Waals surface area contributed by atoms with Crippen LogP contribution < -0.4 is 9.80 Å². The van der Waals surface area contributed by atoms with Gasteiger partial charge in [0.1, 0.15) is 0 Å². The van der Waals surface area contributed by atoms with Gasteiger partial charge in [0.05, 0.1) is 5.41 Å². The first kappa shape index (κ1) is 62.4. The van der Waals surface area contributed by atoms with Crippen LogP contribution in [0.25, 0.3) is 33.4 Å². The number of fused-ring (bicyclic) bond motifs is 3. The number of nitrogens with zero attached hydrogens (tertiary/aromatic N) is 2. The van der Waals surface area contributed by atoms with E-state index >= 15 is 0 Å². The molecule has 0 fully saturated rings. The van der Waals surface area contributed by atoms with Gasteiger partial charge in [-0.25, -0.2) is 0 Å². The van der Waals surface area contributed by atoms with E-state index in [-0.39, 0.29) is 0 Å². The fraction of sp³-hybridized carbons (Fsp3) is 0.304. The molecule has 8 aromatic carbocycles. The summed E-state index contributed by atoms with van der Waals surface area (Å²) in [6, 6.07) is 75.7. The highest BCUT2D eigenvalue weighted by Crippen LogP contribution is 2.58. The number of rotatable bonds is 10. The Bertz CT molecular complexity index is 2380. The highest BCUT2D eigenvalue weighted by atomic mass is 15.1. The SMILES string of the molecule is CC.CC.CC.CC.CC.CC.CC.CC.CCN(c1ccc2c(c1)C(c1ccccc1)(c1ccccc1)c1cc(N(CC)c3ccccc3-c3ccccc3)ccc1-2)c1ccccc1-c1ccccc1. The molecule has 0 saturated carbocycles. The minimum Gasteiger partial charge on any atom is -0.341 e. The third-order valence-corrected chi connectivity index (χ3v) is 11.3. The van der Waals surface area contributed by atoms with Gasteiger partial charge in [0.2, 0.25) is 0 Å². The zero-order valence-corrected chi connectivity index (χ0v) is 47.4. The van der Waals surface area contributed by atoms with E-state index in [1.807, 2.05) is 111 Å². The summed E-state index contributed by atoms with van der Waals surface area (Å²) in [5, 5.41) is 0. The van der Waals surface area contributed by atoms with Gasteiger partial charge in [0, 0.05) is 47.0 Å². The molecule has 0 bridgehead atoms. The summed E-state index contributed by atoms with van der Waals surface area (Å²) < 4.78 is 0. The van der Waals surface area contributed by atoms with Crippen molar-refractivity contribution in [3.8, 4) is 33.4 Å². The third kappa shape index (κ3) is 14.3. The summed E-state index contributed by atoms with van der Waals surface area (Å²) in [6.45, 7) is 38.2. The minimum atomic E-state index is -0.546. The lowest BCUT2D eigenvalue weighted by Gasteiger charge is -2.35. The van der Waals surface area contributed by atoms with E-state index in [0.29, 0.717) is 0 Å². The molecule has 0 spiro atoms. The Morgan fingerprint density at radius 3 is 0.845 bits per heavy atom. The van der Waals surface area contributed by atoms with E-state index in [9.17, 15) is 0 Å². The van der Waals surface area contributed by atoms with Crippen molar-refractivity contribution in [2.24, 2.45) is 0 Å². The Balaban J connectivity index is 0.00000144. The van der Waals surface area contributed by atoms with Crippen LogP contribution in [0.5, 0.6) is 0 Å². The van der Waals surface area contributed by atoms with Crippen LogP contribution in [0.4, 0.5) is 22.7 Å². The van der Waals surface area contributed by atoms with Crippen LogP contribution in [0, 0.1) is 0 Å². The number of hydrogen-bond acceptors (Lipinski definition) is 2. The van der Waals surface area contributed by atoms with Gasteiger partial charge in [-0.2, -0.15) is 0 Å². The van der Waals surface area contributed by atoms with Crippen molar-refractivity contribution in [2.75, 3.05) is 22.9 Å². The van der Waals surface area contributed by atoms with Gasteiger partial charge in [-0.05, 0) is 94.8 Å². The topological polar surface area (TPSA) is 6.48 Å². The van der Waals surface area contributed by atoms with Crippen molar-refractivity contribution in [1.29, 1.82) is 0 Å². The third-order valence-electron chi connectivity index (χ3n) is 11.3. The zero-order chi connectivity index (χ0) is 53.2. The van der Waals surface area contributed by atoms with E-state index < -0.39 is 5.41 Å². The molecule has 2 nitrogen and oxygen atoms in total. The zero-order valence-electron chi connectivity index (χ0n) is 47.4. The summed E-state index contributed by atoms with van der Waals surface area (Å²) in [5.74, 6) is 0. The average molecular weight is 950 g/mol. The second kappa shape index (κ2) is 35.5. The maximum atomic E-state index is 2.47. The van der Waals surface area contributed by atoms with Crippen molar-refractivity contribution in [3.63, 3.8) is 0 Å². The lowest BCUT2D eigenvalue weighted by molar-refractivity contribution is 0.767. The molecule has 0 atom stereocenters. The fourth-order valence-corrected chi connectivity index (χ4v) is 8.93. The van der Waals surface area contributed by atoms with E-state index in [0.717, 1.165) is 13.1 Å². The van der Waals surface area contributed by atoms with Gasteiger partial charge in [-0.1, -0.05) is 281 Å². The molecule has 0 radical (unpaired) electrons. The van der Waals surface area contributed by atoms with Crippen LogP contribution >= 0.6 is 0 Å². The Labute approximate surface area is 435 Å². The maximum absolute atomic E-state index is 2.47. The standard InChI is InChI=1S/C53H44N2.8C2H6/c1-3-54(51-31-19-17-29-45(51)39-21-9-5-10-22-39)43-33-35-47-48-36-34-44(55(4-2)52-32-20-18-30-46(52)40-23-11-6-12-24-40)38-50(48)53(49(47)37-43,41-25-13-7-14-26-41)42-27-15-8-16-28-42;8*1-2/h5-38H,3-4H2,1-2H3;8*1-2H3. The predicted octanol–water partition coefficient (Wildman–Crippen LogP) is 21.9. The molecular formula is C69H92N2. The lowest BCUT2D eigenvalue weighted by Crippen LogP contribution is -2.29. The molecule has 0 N–H and O–H groups in total. The van der Waals surface area contributed by atoms with E-state index in [2.05, 4.69) is 230 Å². The van der Waals surface area contributed by atoms with Crippen molar-refractivity contribution in [3.05, 3.63) is 229 Å². The lowest BCUT2D eigenvalue weighted by atomic mass is 9.67. The Hall–Kier alpha value is -6.64. The van der Waals surface area contributed by atoms with Crippen LogP contribution in [0.3, 0.4) is 0 Å². The van der Waals surface area contributed by atoms with Gasteiger partial charge in [-0.15, -0.1) is 0 Å². The van der Waals surface area contributed by atoms with Crippen molar-refractivity contribution in [1.82, 2.24) is 0 Å². The molecular weight excluding hydrogens is 857 g/mol. The molecule has 1 aliphatic rings. The van der Waals surface area contributed by atoms with Gasteiger partial charge < -0.3 is 9.80 Å². The number of hydrogen-bond donors (Lipinski definition) is 0. The highest BCUT2D eigenvalue weighted by Gasteiger charge is 2.46. The van der Waals surface area contributed by atoms with Gasteiger partial charge in [0.25, 0.3) is 0 Å². The summed E-state index contributed by atoms with van der Waals surface area (Å²) in [6.07, 6.45) is 0.